The minimum Gasteiger partial charge on any atom is -0.484 e. The lowest BCUT2D eigenvalue weighted by molar-refractivity contribution is -0.123. The van der Waals surface area contributed by atoms with Gasteiger partial charge in [0.25, 0.3) is 5.91 Å². The molecule has 6 rings (SSSR count). The van der Waals surface area contributed by atoms with Gasteiger partial charge in [-0.1, -0.05) is 0 Å². The van der Waals surface area contributed by atoms with Gasteiger partial charge in [-0.25, -0.2) is 4.39 Å². The molecule has 1 amide bonds. The molecule has 0 spiro atoms. The highest BCUT2D eigenvalue weighted by Gasteiger charge is 2.28. The van der Waals surface area contributed by atoms with Crippen LogP contribution in [0.5, 0.6) is 17.5 Å². The molecule has 36 heavy (non-hydrogen) atoms. The summed E-state index contributed by atoms with van der Waals surface area (Å²) in [5, 5.41) is 16.8. The van der Waals surface area contributed by atoms with Gasteiger partial charge in [-0.15, -0.1) is 0 Å². The van der Waals surface area contributed by atoms with Crippen LogP contribution in [-0.4, -0.2) is 54.1 Å². The Morgan fingerprint density at radius 2 is 2.08 bits per heavy atom. The van der Waals surface area contributed by atoms with Gasteiger partial charge < -0.3 is 30.0 Å². The first-order chi connectivity index (χ1) is 17.5. The van der Waals surface area contributed by atoms with Gasteiger partial charge in [0, 0.05) is 38.1 Å². The summed E-state index contributed by atoms with van der Waals surface area (Å²) in [6.45, 7) is 1.67. The Morgan fingerprint density at radius 1 is 1.22 bits per heavy atom. The standard InChI is InChI=1S/C25H22FN7O3/c1-28-19-7-15(26)6-18-21-23(30-22(18)19)31-25-32-24(21)33-3-2-13(11-33)10-29-20(34)12-35-16-4-14(9-27)5-17(8-16)36-25/h4-8,13,28H,2-3,10-12H2,1H3,(H,29,34)(H,30,31,32). The number of hydrogen-bond donors (Lipinski definition) is 3. The van der Waals surface area contributed by atoms with Crippen LogP contribution < -0.4 is 25.0 Å². The van der Waals surface area contributed by atoms with Gasteiger partial charge in [0.2, 0.25) is 0 Å². The summed E-state index contributed by atoms with van der Waals surface area (Å²) in [4.78, 5) is 27.1. The number of hydrogen-bond acceptors (Lipinski definition) is 8. The summed E-state index contributed by atoms with van der Waals surface area (Å²) < 4.78 is 26.1. The summed E-state index contributed by atoms with van der Waals surface area (Å²) >= 11 is 0. The van der Waals surface area contributed by atoms with Crippen molar-refractivity contribution in [3.63, 3.8) is 0 Å². The van der Waals surface area contributed by atoms with Gasteiger partial charge >= 0.3 is 6.01 Å². The lowest BCUT2D eigenvalue weighted by Gasteiger charge is -2.19. The zero-order valence-corrected chi connectivity index (χ0v) is 19.4. The fourth-order valence-corrected chi connectivity index (χ4v) is 4.83. The molecule has 1 unspecified atom stereocenters. The molecule has 1 atom stereocenters. The van der Waals surface area contributed by atoms with Gasteiger partial charge in [0.1, 0.15) is 28.8 Å². The van der Waals surface area contributed by atoms with E-state index in [1.54, 1.807) is 19.2 Å². The smallest absolute Gasteiger partial charge is 0.325 e. The van der Waals surface area contributed by atoms with Gasteiger partial charge in [-0.2, -0.15) is 15.2 Å². The van der Waals surface area contributed by atoms with Crippen LogP contribution in [-0.2, 0) is 4.79 Å². The van der Waals surface area contributed by atoms with Crippen LogP contribution in [0.3, 0.4) is 0 Å². The summed E-state index contributed by atoms with van der Waals surface area (Å²) in [5.41, 5.74) is 2.11. The molecule has 4 aromatic rings. The van der Waals surface area contributed by atoms with Crippen molar-refractivity contribution in [2.24, 2.45) is 5.92 Å². The molecule has 2 aromatic heterocycles. The molecule has 0 saturated carbocycles. The zero-order chi connectivity index (χ0) is 24.8. The molecule has 4 heterocycles. The van der Waals surface area contributed by atoms with Crippen LogP contribution in [0.4, 0.5) is 15.9 Å². The highest BCUT2D eigenvalue weighted by Crippen LogP contribution is 2.39. The topological polar surface area (TPSA) is 128 Å². The zero-order valence-electron chi connectivity index (χ0n) is 19.4. The van der Waals surface area contributed by atoms with E-state index in [4.69, 9.17) is 14.5 Å². The minimum atomic E-state index is -0.375. The maximum Gasteiger partial charge on any atom is 0.325 e. The van der Waals surface area contributed by atoms with Gasteiger partial charge in [-0.3, -0.25) is 4.79 Å². The molecular formula is C25H22FN7O3. The molecule has 11 heteroatoms. The van der Waals surface area contributed by atoms with E-state index in [9.17, 15) is 14.4 Å². The number of carbonyl (C=O) groups excluding carboxylic acids is 1. The van der Waals surface area contributed by atoms with E-state index in [-0.39, 0.29) is 30.3 Å². The van der Waals surface area contributed by atoms with Crippen LogP contribution in [0.2, 0.25) is 0 Å². The first-order valence-corrected chi connectivity index (χ1v) is 11.6. The van der Waals surface area contributed by atoms with Crippen LogP contribution in [0.25, 0.3) is 21.9 Å². The SMILES string of the molecule is CNc1cc(F)cc2c1[nH]c1nc3nc(c12)N1CCC(CNC(=O)COc2cc(C#N)cc(c2)O3)C1. The van der Waals surface area contributed by atoms with Gasteiger partial charge in [0.15, 0.2) is 6.61 Å². The number of aromatic nitrogens is 3. The third-order valence-corrected chi connectivity index (χ3v) is 6.52. The summed E-state index contributed by atoms with van der Waals surface area (Å²) in [6.07, 6.45) is 0.853. The average molecular weight is 487 g/mol. The molecule has 10 nitrogen and oxygen atoms in total. The Balaban J connectivity index is 1.55. The summed E-state index contributed by atoms with van der Waals surface area (Å²) in [7, 11) is 1.73. The Hall–Kier alpha value is -4.59. The van der Waals surface area contributed by atoms with Crippen molar-refractivity contribution in [2.45, 2.75) is 6.42 Å². The lowest BCUT2D eigenvalue weighted by Crippen LogP contribution is -2.34. The molecule has 1 fully saturated rings. The lowest BCUT2D eigenvalue weighted by atomic mass is 10.1. The predicted molar refractivity (Wildman–Crippen MR) is 131 cm³/mol. The van der Waals surface area contributed by atoms with E-state index >= 15 is 0 Å². The monoisotopic (exact) mass is 487 g/mol. The molecule has 2 aliphatic heterocycles. The number of nitriles is 1. The molecule has 182 valence electrons. The van der Waals surface area contributed by atoms with Crippen LogP contribution in [0.15, 0.2) is 30.3 Å². The molecule has 2 aliphatic rings. The second-order valence-electron chi connectivity index (χ2n) is 8.90. The van der Waals surface area contributed by atoms with E-state index in [1.807, 2.05) is 0 Å². The second kappa shape index (κ2) is 8.57. The van der Waals surface area contributed by atoms with E-state index in [1.165, 1.54) is 18.2 Å². The quantitative estimate of drug-likeness (QED) is 0.373. The summed E-state index contributed by atoms with van der Waals surface area (Å²) in [6, 6.07) is 9.69. The second-order valence-corrected chi connectivity index (χ2v) is 8.90. The number of fused-ring (bicyclic) bond motifs is 11. The number of anilines is 2. The van der Waals surface area contributed by atoms with Crippen molar-refractivity contribution in [1.82, 2.24) is 20.3 Å². The average Bonchev–Trinajstić information content (AvgIpc) is 3.49. The first kappa shape index (κ1) is 21.9. The van der Waals surface area contributed by atoms with E-state index < -0.39 is 0 Å². The fraction of sp³-hybridized carbons (Fsp3) is 0.280. The molecule has 6 bridgehead atoms. The molecular weight excluding hydrogens is 465 g/mol. The Kier molecular flexibility index (Phi) is 5.21. The number of rotatable bonds is 1. The van der Waals surface area contributed by atoms with Crippen molar-refractivity contribution in [3.05, 3.63) is 41.7 Å². The number of ether oxygens (including phenoxy) is 2. The highest BCUT2D eigenvalue weighted by molar-refractivity contribution is 6.14. The number of amides is 1. The van der Waals surface area contributed by atoms with Crippen molar-refractivity contribution < 1.29 is 18.7 Å². The van der Waals surface area contributed by atoms with E-state index in [2.05, 4.69) is 31.6 Å². The number of halogens is 1. The molecule has 3 N–H and O–H groups in total. The number of nitrogens with zero attached hydrogens (tertiary/aromatic N) is 4. The third kappa shape index (κ3) is 3.86. The third-order valence-electron chi connectivity index (χ3n) is 6.52. The number of H-pyrrole nitrogens is 1. The van der Waals surface area contributed by atoms with Gasteiger partial charge in [-0.05, 0) is 36.6 Å². The fourth-order valence-electron chi connectivity index (χ4n) is 4.83. The number of nitrogens with one attached hydrogen (secondary N) is 3. The van der Waals surface area contributed by atoms with E-state index in [0.717, 1.165) is 6.42 Å². The minimum absolute atomic E-state index is 0.0732. The van der Waals surface area contributed by atoms with Crippen molar-refractivity contribution in [3.8, 4) is 23.6 Å². The Labute approximate surface area is 205 Å². The predicted octanol–water partition coefficient (Wildman–Crippen LogP) is 3.29. The Morgan fingerprint density at radius 3 is 2.92 bits per heavy atom. The number of carbonyl (C=O) groups is 1. The van der Waals surface area contributed by atoms with Crippen LogP contribution in [0.1, 0.15) is 12.0 Å². The number of benzene rings is 2. The largest absolute Gasteiger partial charge is 0.484 e. The molecule has 2 aromatic carbocycles. The number of aromatic amines is 1. The van der Waals surface area contributed by atoms with Gasteiger partial charge in [0.05, 0.1) is 28.2 Å². The maximum absolute atomic E-state index is 14.5. The van der Waals surface area contributed by atoms with Crippen LogP contribution >= 0.6 is 0 Å². The molecule has 0 radical (unpaired) electrons. The maximum atomic E-state index is 14.5. The normalized spacial score (nSPS) is 17.5. The van der Waals surface area contributed by atoms with Crippen LogP contribution in [0, 0.1) is 23.1 Å². The van der Waals surface area contributed by atoms with Crippen molar-refractivity contribution in [2.75, 3.05) is 43.5 Å². The Bertz CT molecular complexity index is 1560. The molecule has 1 saturated heterocycles. The first-order valence-electron chi connectivity index (χ1n) is 11.6. The highest BCUT2D eigenvalue weighted by atomic mass is 19.1. The summed E-state index contributed by atoms with van der Waals surface area (Å²) in [5.74, 6) is 0.810. The van der Waals surface area contributed by atoms with Crippen molar-refractivity contribution >= 4 is 39.3 Å². The van der Waals surface area contributed by atoms with E-state index in [0.29, 0.717) is 70.1 Å². The molecule has 0 aliphatic carbocycles. The van der Waals surface area contributed by atoms with Crippen molar-refractivity contribution in [1.29, 1.82) is 5.26 Å².